The van der Waals surface area contributed by atoms with Gasteiger partial charge in [-0.15, -0.1) is 0 Å². The fourth-order valence-electron chi connectivity index (χ4n) is 0.591. The van der Waals surface area contributed by atoms with E-state index >= 15 is 0 Å². The molecule has 1 N–H and O–H groups in total. The number of hydrogen-bond donors (Lipinski definition) is 1. The summed E-state index contributed by atoms with van der Waals surface area (Å²) >= 11 is 0. The molecule has 1 rings (SSSR count). The second-order valence-corrected chi connectivity index (χ2v) is 4.40. The molecule has 0 atom stereocenters. The van der Waals surface area contributed by atoms with Crippen molar-refractivity contribution >= 4 is 10.0 Å². The first-order valence-electron chi connectivity index (χ1n) is 3.02. The third-order valence-corrected chi connectivity index (χ3v) is 2.02. The third kappa shape index (κ3) is 3.48. The van der Waals surface area contributed by atoms with Crippen molar-refractivity contribution in [3.63, 3.8) is 0 Å². The predicted molar refractivity (Wildman–Crippen MR) is 35.6 cm³/mol. The van der Waals surface area contributed by atoms with E-state index in [0.717, 1.165) is 0 Å². The van der Waals surface area contributed by atoms with E-state index in [9.17, 15) is 8.42 Å². The van der Waals surface area contributed by atoms with Crippen molar-refractivity contribution in [1.82, 2.24) is 4.72 Å². The summed E-state index contributed by atoms with van der Waals surface area (Å²) in [5.74, 6) is 0.625. The first kappa shape index (κ1) is 7.02. The van der Waals surface area contributed by atoms with Crippen molar-refractivity contribution in [3.05, 3.63) is 0 Å². The normalized spacial score (nSPS) is 20.1. The summed E-state index contributed by atoms with van der Waals surface area (Å²) in [4.78, 5) is 0. The van der Waals surface area contributed by atoms with Gasteiger partial charge in [-0.2, -0.15) is 0 Å². The van der Waals surface area contributed by atoms with E-state index in [4.69, 9.17) is 0 Å². The van der Waals surface area contributed by atoms with E-state index in [-0.39, 0.29) is 0 Å². The van der Waals surface area contributed by atoms with Gasteiger partial charge in [0.25, 0.3) is 0 Å². The molecule has 0 saturated heterocycles. The lowest BCUT2D eigenvalue weighted by Crippen LogP contribution is -2.23. The van der Waals surface area contributed by atoms with Crippen LogP contribution in [0.1, 0.15) is 12.8 Å². The van der Waals surface area contributed by atoms with Crippen LogP contribution in [0.15, 0.2) is 0 Å². The summed E-state index contributed by atoms with van der Waals surface area (Å²) in [6, 6.07) is 0. The van der Waals surface area contributed by atoms with Crippen LogP contribution in [0.4, 0.5) is 0 Å². The summed E-state index contributed by atoms with van der Waals surface area (Å²) in [5.41, 5.74) is 0. The van der Waals surface area contributed by atoms with Crippen LogP contribution in [-0.4, -0.2) is 21.2 Å². The molecular weight excluding hydrogens is 138 g/mol. The maximum Gasteiger partial charge on any atom is 0.208 e. The SMILES string of the molecule is CS(=O)(=O)NCC1CC1. The Morgan fingerprint density at radius 3 is 2.44 bits per heavy atom. The molecular formula is C5H11NO2S. The zero-order valence-electron chi connectivity index (χ0n) is 5.42. The zero-order chi connectivity index (χ0) is 6.91. The molecule has 9 heavy (non-hydrogen) atoms. The predicted octanol–water partition coefficient (Wildman–Crippen LogP) is -0.0544. The minimum atomic E-state index is -2.93. The summed E-state index contributed by atoms with van der Waals surface area (Å²) < 4.78 is 23.4. The highest BCUT2D eigenvalue weighted by Gasteiger charge is 2.21. The lowest BCUT2D eigenvalue weighted by atomic mass is 10.4. The number of sulfonamides is 1. The zero-order valence-corrected chi connectivity index (χ0v) is 6.24. The van der Waals surface area contributed by atoms with E-state index in [2.05, 4.69) is 4.72 Å². The first-order chi connectivity index (χ1) is 4.08. The summed E-state index contributed by atoms with van der Waals surface area (Å²) in [7, 11) is -2.93. The molecule has 1 saturated carbocycles. The van der Waals surface area contributed by atoms with Gasteiger partial charge in [-0.1, -0.05) is 0 Å². The Morgan fingerprint density at radius 2 is 2.11 bits per heavy atom. The topological polar surface area (TPSA) is 46.2 Å². The van der Waals surface area contributed by atoms with E-state index in [1.165, 1.54) is 19.1 Å². The van der Waals surface area contributed by atoms with Gasteiger partial charge in [0.15, 0.2) is 0 Å². The highest BCUT2D eigenvalue weighted by Crippen LogP contribution is 2.27. The number of nitrogens with one attached hydrogen (secondary N) is 1. The van der Waals surface area contributed by atoms with Crippen LogP contribution in [0.3, 0.4) is 0 Å². The highest BCUT2D eigenvalue weighted by atomic mass is 32.2. The second-order valence-electron chi connectivity index (χ2n) is 2.56. The Bertz CT molecular complexity index is 181. The van der Waals surface area contributed by atoms with Gasteiger partial charge < -0.3 is 0 Å². The van der Waals surface area contributed by atoms with E-state index in [0.29, 0.717) is 12.5 Å². The molecule has 0 aromatic rings. The Hall–Kier alpha value is -0.0900. The van der Waals surface area contributed by atoms with Gasteiger partial charge in [-0.25, -0.2) is 13.1 Å². The largest absolute Gasteiger partial charge is 0.215 e. The van der Waals surface area contributed by atoms with Crippen LogP contribution in [-0.2, 0) is 10.0 Å². The minimum absolute atomic E-state index is 0.625. The molecule has 0 radical (unpaired) electrons. The Morgan fingerprint density at radius 1 is 1.56 bits per heavy atom. The fourth-order valence-corrected chi connectivity index (χ4v) is 1.13. The third-order valence-electron chi connectivity index (χ3n) is 1.33. The average molecular weight is 149 g/mol. The van der Waals surface area contributed by atoms with Gasteiger partial charge in [0, 0.05) is 6.54 Å². The number of rotatable bonds is 3. The Labute approximate surface area is 55.5 Å². The molecule has 1 fully saturated rings. The lowest BCUT2D eigenvalue weighted by molar-refractivity contribution is 0.583. The van der Waals surface area contributed by atoms with Gasteiger partial charge in [0.1, 0.15) is 0 Å². The minimum Gasteiger partial charge on any atom is -0.215 e. The molecule has 4 heteroatoms. The van der Waals surface area contributed by atoms with E-state index in [1.54, 1.807) is 0 Å². The van der Waals surface area contributed by atoms with Crippen LogP contribution in [0.2, 0.25) is 0 Å². The quantitative estimate of drug-likeness (QED) is 0.611. The van der Waals surface area contributed by atoms with Crippen LogP contribution in [0, 0.1) is 5.92 Å². The summed E-state index contributed by atoms with van der Waals surface area (Å²) in [6.07, 6.45) is 3.56. The molecule has 0 amide bonds. The van der Waals surface area contributed by atoms with Crippen molar-refractivity contribution in [2.45, 2.75) is 12.8 Å². The molecule has 0 aromatic carbocycles. The average Bonchev–Trinajstić information content (AvgIpc) is 2.38. The molecule has 0 unspecified atom stereocenters. The summed E-state index contributed by atoms with van der Waals surface area (Å²) in [5, 5.41) is 0. The Kier molecular flexibility index (Phi) is 1.77. The van der Waals surface area contributed by atoms with Crippen molar-refractivity contribution in [2.75, 3.05) is 12.8 Å². The van der Waals surface area contributed by atoms with Crippen molar-refractivity contribution in [3.8, 4) is 0 Å². The fraction of sp³-hybridized carbons (Fsp3) is 1.00. The molecule has 0 heterocycles. The van der Waals surface area contributed by atoms with E-state index < -0.39 is 10.0 Å². The van der Waals surface area contributed by atoms with Crippen LogP contribution in [0.5, 0.6) is 0 Å². The summed E-state index contributed by atoms with van der Waals surface area (Å²) in [6.45, 7) is 0.638. The van der Waals surface area contributed by atoms with Crippen LogP contribution < -0.4 is 4.72 Å². The van der Waals surface area contributed by atoms with Crippen LogP contribution >= 0.6 is 0 Å². The molecule has 1 aliphatic rings. The molecule has 3 nitrogen and oxygen atoms in total. The van der Waals surface area contributed by atoms with Gasteiger partial charge >= 0.3 is 0 Å². The van der Waals surface area contributed by atoms with Gasteiger partial charge in [-0.3, -0.25) is 0 Å². The molecule has 0 aliphatic heterocycles. The first-order valence-corrected chi connectivity index (χ1v) is 4.92. The molecule has 54 valence electrons. The van der Waals surface area contributed by atoms with Crippen molar-refractivity contribution in [1.29, 1.82) is 0 Å². The van der Waals surface area contributed by atoms with Gasteiger partial charge in [-0.05, 0) is 18.8 Å². The maximum atomic E-state index is 10.5. The molecule has 0 aromatic heterocycles. The standard InChI is InChI=1S/C5H11NO2S/c1-9(7,8)6-4-5-2-3-5/h5-6H,2-4H2,1H3. The molecule has 0 bridgehead atoms. The second kappa shape index (κ2) is 2.27. The lowest BCUT2D eigenvalue weighted by Gasteiger charge is -1.96. The van der Waals surface area contributed by atoms with Gasteiger partial charge in [0.05, 0.1) is 6.26 Å². The maximum absolute atomic E-state index is 10.5. The van der Waals surface area contributed by atoms with Crippen molar-refractivity contribution in [2.24, 2.45) is 5.92 Å². The highest BCUT2D eigenvalue weighted by molar-refractivity contribution is 7.88. The smallest absolute Gasteiger partial charge is 0.208 e. The molecule has 0 spiro atoms. The van der Waals surface area contributed by atoms with Crippen LogP contribution in [0.25, 0.3) is 0 Å². The van der Waals surface area contributed by atoms with Gasteiger partial charge in [0.2, 0.25) is 10.0 Å². The van der Waals surface area contributed by atoms with Crippen molar-refractivity contribution < 1.29 is 8.42 Å². The number of hydrogen-bond acceptors (Lipinski definition) is 2. The van der Waals surface area contributed by atoms with E-state index in [1.807, 2.05) is 0 Å². The molecule has 1 aliphatic carbocycles. The Balaban J connectivity index is 2.18. The monoisotopic (exact) mass is 149 g/mol.